The Bertz CT molecular complexity index is 286. The number of hydrogen-bond acceptors (Lipinski definition) is 6. The number of nitrogens with one attached hydrogen (secondary N) is 2. The lowest BCUT2D eigenvalue weighted by molar-refractivity contribution is 0.251. The van der Waals surface area contributed by atoms with Crippen molar-refractivity contribution in [2.45, 2.75) is 10.9 Å². The Morgan fingerprint density at radius 1 is 1.07 bits per heavy atom. The molecule has 0 unspecified atom stereocenters. The van der Waals surface area contributed by atoms with Gasteiger partial charge in [0.15, 0.2) is 5.16 Å². The highest BCUT2D eigenvalue weighted by molar-refractivity contribution is 7.99. The van der Waals surface area contributed by atoms with Crippen molar-refractivity contribution in [3.05, 3.63) is 0 Å². The quantitative estimate of drug-likeness (QED) is 0.746. The van der Waals surface area contributed by atoms with Crippen LogP contribution in [0.25, 0.3) is 0 Å². The molecule has 0 bridgehead atoms. The molecule has 1 heterocycles. The van der Waals surface area contributed by atoms with Gasteiger partial charge in [0.05, 0.1) is 0 Å². The predicted molar refractivity (Wildman–Crippen MR) is 50.8 cm³/mol. The summed E-state index contributed by atoms with van der Waals surface area (Å²) in [5.41, 5.74) is 0. The first-order chi connectivity index (χ1) is 6.65. The predicted octanol–water partition coefficient (Wildman–Crippen LogP) is 1.27. The summed E-state index contributed by atoms with van der Waals surface area (Å²) in [6.07, 6.45) is 0. The van der Waals surface area contributed by atoms with Crippen molar-refractivity contribution in [2.24, 2.45) is 0 Å². The van der Waals surface area contributed by atoms with Gasteiger partial charge in [-0.1, -0.05) is 0 Å². The lowest BCUT2D eigenvalue weighted by Gasteiger charge is -2.04. The number of rotatable bonds is 4. The van der Waals surface area contributed by atoms with Crippen molar-refractivity contribution >= 4 is 23.7 Å². The number of alkyl halides is 2. The Labute approximate surface area is 83.7 Å². The van der Waals surface area contributed by atoms with Crippen LogP contribution in [0.2, 0.25) is 0 Å². The molecule has 0 radical (unpaired) electrons. The number of hydrogen-bond donors (Lipinski definition) is 2. The Kier molecular flexibility index (Phi) is 3.81. The van der Waals surface area contributed by atoms with Gasteiger partial charge >= 0.3 is 0 Å². The minimum Gasteiger partial charge on any atom is -0.357 e. The second-order valence-corrected chi connectivity index (χ2v) is 3.10. The van der Waals surface area contributed by atoms with E-state index in [-0.39, 0.29) is 28.8 Å². The molecule has 14 heavy (non-hydrogen) atoms. The number of nitrogens with zero attached hydrogens (tertiary/aromatic N) is 3. The molecule has 0 saturated carbocycles. The summed E-state index contributed by atoms with van der Waals surface area (Å²) < 4.78 is 24.0. The van der Waals surface area contributed by atoms with Gasteiger partial charge in [-0.25, -0.2) is 0 Å². The average Bonchev–Trinajstić information content (AvgIpc) is 2.16. The lowest BCUT2D eigenvalue weighted by Crippen LogP contribution is -2.05. The second kappa shape index (κ2) is 4.89. The van der Waals surface area contributed by atoms with Crippen molar-refractivity contribution in [1.29, 1.82) is 0 Å². The Hall–Kier alpha value is -1.18. The van der Waals surface area contributed by atoms with Gasteiger partial charge in [-0.2, -0.15) is 23.7 Å². The zero-order valence-electron chi connectivity index (χ0n) is 7.58. The summed E-state index contributed by atoms with van der Waals surface area (Å²) in [5, 5.41) is 5.30. The van der Waals surface area contributed by atoms with E-state index in [1.165, 1.54) is 0 Å². The Morgan fingerprint density at radius 3 is 1.93 bits per heavy atom. The largest absolute Gasteiger partial charge is 0.357 e. The van der Waals surface area contributed by atoms with E-state index in [4.69, 9.17) is 0 Å². The van der Waals surface area contributed by atoms with Gasteiger partial charge in [-0.3, -0.25) is 0 Å². The van der Waals surface area contributed by atoms with E-state index in [0.717, 1.165) is 0 Å². The van der Waals surface area contributed by atoms with Crippen LogP contribution in [-0.4, -0.2) is 34.8 Å². The van der Waals surface area contributed by atoms with E-state index in [1.807, 2.05) is 0 Å². The molecule has 0 atom stereocenters. The molecule has 0 aliphatic heterocycles. The number of aromatic nitrogens is 3. The third kappa shape index (κ3) is 2.95. The summed E-state index contributed by atoms with van der Waals surface area (Å²) in [5.74, 6) is -2.02. The monoisotopic (exact) mass is 221 g/mol. The third-order valence-corrected chi connectivity index (χ3v) is 1.83. The van der Waals surface area contributed by atoms with Crippen molar-refractivity contribution in [3.63, 3.8) is 0 Å². The maximum Gasteiger partial charge on any atom is 0.291 e. The minimum absolute atomic E-state index is 0.0105. The lowest BCUT2D eigenvalue weighted by atomic mass is 10.8. The molecule has 0 saturated heterocycles. The van der Waals surface area contributed by atoms with E-state index in [9.17, 15) is 8.78 Å². The molecule has 1 aromatic heterocycles. The van der Waals surface area contributed by atoms with Crippen LogP contribution < -0.4 is 10.6 Å². The van der Waals surface area contributed by atoms with Gasteiger partial charge in [0.25, 0.3) is 5.76 Å². The summed E-state index contributed by atoms with van der Waals surface area (Å²) in [4.78, 5) is 11.4. The topological polar surface area (TPSA) is 62.7 Å². The van der Waals surface area contributed by atoms with Gasteiger partial charge < -0.3 is 10.6 Å². The van der Waals surface area contributed by atoms with Crippen LogP contribution in [0.15, 0.2) is 5.16 Å². The minimum atomic E-state index is -2.54. The molecule has 0 aliphatic rings. The van der Waals surface area contributed by atoms with Crippen molar-refractivity contribution in [1.82, 2.24) is 15.0 Å². The SMILES string of the molecule is CNc1nc(NC)nc(SC(F)F)n1. The summed E-state index contributed by atoms with van der Waals surface area (Å²) in [7, 11) is 3.21. The first-order valence-electron chi connectivity index (χ1n) is 3.72. The van der Waals surface area contributed by atoms with Crippen molar-refractivity contribution in [3.8, 4) is 0 Å². The zero-order chi connectivity index (χ0) is 10.6. The maximum absolute atomic E-state index is 12.0. The summed E-state index contributed by atoms with van der Waals surface area (Å²) >= 11 is 0.282. The van der Waals surface area contributed by atoms with Crippen molar-refractivity contribution < 1.29 is 8.78 Å². The molecule has 2 N–H and O–H groups in total. The molecule has 0 amide bonds. The van der Waals surface area contributed by atoms with E-state index in [2.05, 4.69) is 25.6 Å². The Morgan fingerprint density at radius 2 is 1.57 bits per heavy atom. The van der Waals surface area contributed by atoms with E-state index < -0.39 is 5.76 Å². The van der Waals surface area contributed by atoms with Crippen LogP contribution in [0.1, 0.15) is 0 Å². The second-order valence-electron chi connectivity index (χ2n) is 2.14. The molecule has 0 aliphatic carbocycles. The molecule has 5 nitrogen and oxygen atoms in total. The number of thioether (sulfide) groups is 1. The molecule has 0 spiro atoms. The molecule has 78 valence electrons. The van der Waals surface area contributed by atoms with E-state index in [1.54, 1.807) is 14.1 Å². The van der Waals surface area contributed by atoms with Gasteiger partial charge in [-0.05, 0) is 11.8 Å². The third-order valence-electron chi connectivity index (χ3n) is 1.26. The summed E-state index contributed by atoms with van der Waals surface area (Å²) in [6.45, 7) is 0. The average molecular weight is 221 g/mol. The van der Waals surface area contributed by atoms with Gasteiger partial charge in [0, 0.05) is 14.1 Å². The smallest absolute Gasteiger partial charge is 0.291 e. The van der Waals surface area contributed by atoms with E-state index in [0.29, 0.717) is 0 Å². The zero-order valence-corrected chi connectivity index (χ0v) is 8.40. The fourth-order valence-corrected chi connectivity index (χ4v) is 1.15. The van der Waals surface area contributed by atoms with Crippen LogP contribution in [-0.2, 0) is 0 Å². The van der Waals surface area contributed by atoms with Gasteiger partial charge in [0.2, 0.25) is 11.9 Å². The van der Waals surface area contributed by atoms with Crippen LogP contribution >= 0.6 is 11.8 Å². The van der Waals surface area contributed by atoms with Crippen LogP contribution in [0, 0.1) is 0 Å². The summed E-state index contributed by atoms with van der Waals surface area (Å²) in [6, 6.07) is 0. The van der Waals surface area contributed by atoms with Crippen LogP contribution in [0.4, 0.5) is 20.7 Å². The van der Waals surface area contributed by atoms with E-state index >= 15 is 0 Å². The molecular formula is C6H9F2N5S. The molecule has 8 heteroatoms. The Balaban J connectivity index is 2.92. The van der Waals surface area contributed by atoms with Gasteiger partial charge in [0.1, 0.15) is 0 Å². The molecule has 0 fully saturated rings. The fraction of sp³-hybridized carbons (Fsp3) is 0.500. The highest BCUT2D eigenvalue weighted by Crippen LogP contribution is 2.22. The van der Waals surface area contributed by atoms with Gasteiger partial charge in [-0.15, -0.1) is 0 Å². The first kappa shape index (κ1) is 10.9. The van der Waals surface area contributed by atoms with Crippen LogP contribution in [0.3, 0.4) is 0 Å². The fourth-order valence-electron chi connectivity index (χ4n) is 0.712. The molecule has 1 rings (SSSR count). The maximum atomic E-state index is 12.0. The standard InChI is InChI=1S/C6H9F2N5S/c1-9-4-11-5(10-2)13-6(12-4)14-3(7)8/h3H,1-2H3,(H2,9,10,11,12,13). The normalized spacial score (nSPS) is 10.4. The molecule has 0 aromatic carbocycles. The highest BCUT2D eigenvalue weighted by atomic mass is 32.2. The number of anilines is 2. The van der Waals surface area contributed by atoms with Crippen LogP contribution in [0.5, 0.6) is 0 Å². The molecule has 1 aromatic rings. The highest BCUT2D eigenvalue weighted by Gasteiger charge is 2.10. The number of halogens is 2. The first-order valence-corrected chi connectivity index (χ1v) is 4.60. The van der Waals surface area contributed by atoms with Crippen molar-refractivity contribution in [2.75, 3.05) is 24.7 Å². The molecular weight excluding hydrogens is 212 g/mol.